The van der Waals surface area contributed by atoms with Gasteiger partial charge in [-0.05, 0) is 75.4 Å². The van der Waals surface area contributed by atoms with E-state index in [0.29, 0.717) is 34.3 Å². The van der Waals surface area contributed by atoms with Crippen LogP contribution >= 0.6 is 11.8 Å². The van der Waals surface area contributed by atoms with E-state index in [1.165, 1.54) is 11.8 Å². The van der Waals surface area contributed by atoms with Gasteiger partial charge in [-0.25, -0.2) is 0 Å². The lowest BCUT2D eigenvalue weighted by molar-refractivity contribution is -0.245. The zero-order valence-corrected chi connectivity index (χ0v) is 30.1. The first-order valence-electron chi connectivity index (χ1n) is 17.6. The van der Waals surface area contributed by atoms with Crippen molar-refractivity contribution in [2.75, 3.05) is 12.3 Å². The summed E-state index contributed by atoms with van der Waals surface area (Å²) in [5.74, 6) is -1.99. The van der Waals surface area contributed by atoms with Crippen molar-refractivity contribution in [1.82, 2.24) is 30.4 Å². The van der Waals surface area contributed by atoms with E-state index in [1.54, 1.807) is 28.9 Å². The lowest BCUT2D eigenvalue weighted by atomic mass is 9.97. The standard InChI is InChI=1S/C39H37F3N6O6S/c40-39(41,42)37(52)47-19-3-6-33(47)35(51)43-21-28-4-1-2-5-32(28)25-11-13-27(14-12-25)36-53-31(20-34(54-36)26-9-7-24(22-49)8-10-26)23-55-38-44-45-46-48(38)29-15-17-30(50)18-16-29/h1-2,4-5,7-18,31,33-34,36,49-50H,3,6,19-23H2,(H,43,51). The number of benzene rings is 4. The first kappa shape index (κ1) is 38.0. The number of ether oxygens (including phenoxy) is 2. The number of tetrazole rings is 1. The van der Waals surface area contributed by atoms with Crippen molar-refractivity contribution in [3.63, 3.8) is 0 Å². The van der Waals surface area contributed by atoms with Gasteiger partial charge < -0.3 is 29.9 Å². The number of halogens is 3. The summed E-state index contributed by atoms with van der Waals surface area (Å²) >= 11 is 1.43. The molecule has 2 fully saturated rings. The van der Waals surface area contributed by atoms with Crippen LogP contribution in [0.1, 0.15) is 53.9 Å². The minimum absolute atomic E-state index is 0.0578. The second kappa shape index (κ2) is 16.6. The minimum atomic E-state index is -5.04. The highest BCUT2D eigenvalue weighted by molar-refractivity contribution is 7.99. The van der Waals surface area contributed by atoms with Crippen molar-refractivity contribution in [2.24, 2.45) is 0 Å². The molecule has 0 radical (unpaired) electrons. The summed E-state index contributed by atoms with van der Waals surface area (Å²) in [5.41, 5.74) is 5.59. The van der Waals surface area contributed by atoms with Gasteiger partial charge in [-0.1, -0.05) is 84.6 Å². The van der Waals surface area contributed by atoms with Crippen LogP contribution in [0.4, 0.5) is 13.2 Å². The number of carbonyl (C=O) groups excluding carboxylic acids is 2. The number of hydrogen-bond donors (Lipinski definition) is 3. The Balaban J connectivity index is 1.06. The fourth-order valence-corrected chi connectivity index (χ4v) is 7.64. The maximum Gasteiger partial charge on any atom is 0.471 e. The van der Waals surface area contributed by atoms with Gasteiger partial charge in [0.1, 0.15) is 11.8 Å². The lowest BCUT2D eigenvalue weighted by Gasteiger charge is -2.36. The van der Waals surface area contributed by atoms with Crippen LogP contribution in [0.25, 0.3) is 16.8 Å². The number of carbonyl (C=O) groups is 2. The zero-order chi connectivity index (χ0) is 38.5. The van der Waals surface area contributed by atoms with Crippen LogP contribution in [0.15, 0.2) is 102 Å². The van der Waals surface area contributed by atoms with Crippen molar-refractivity contribution < 1.29 is 42.4 Å². The van der Waals surface area contributed by atoms with E-state index in [1.807, 2.05) is 72.8 Å². The molecule has 4 aromatic carbocycles. The number of phenolic OH excluding ortho intramolecular Hbond substituents is 1. The van der Waals surface area contributed by atoms with E-state index in [0.717, 1.165) is 33.4 Å². The molecule has 1 aromatic heterocycles. The number of aromatic hydroxyl groups is 1. The van der Waals surface area contributed by atoms with E-state index < -0.39 is 30.3 Å². The van der Waals surface area contributed by atoms with E-state index in [9.17, 15) is 33.0 Å². The number of aromatic nitrogens is 4. The molecule has 7 rings (SSSR count). The average Bonchev–Trinajstić information content (AvgIpc) is 3.90. The average molecular weight is 775 g/mol. The van der Waals surface area contributed by atoms with Crippen LogP contribution in [0.5, 0.6) is 5.75 Å². The summed E-state index contributed by atoms with van der Waals surface area (Å²) in [4.78, 5) is 25.5. The van der Waals surface area contributed by atoms with Gasteiger partial charge >= 0.3 is 12.1 Å². The Kier molecular flexibility index (Phi) is 11.5. The molecule has 2 aliphatic heterocycles. The van der Waals surface area contributed by atoms with Gasteiger partial charge in [-0.2, -0.15) is 17.9 Å². The molecule has 3 N–H and O–H groups in total. The summed E-state index contributed by atoms with van der Waals surface area (Å²) in [5, 5.41) is 34.7. The third-order valence-electron chi connectivity index (χ3n) is 9.57. The lowest BCUT2D eigenvalue weighted by Crippen LogP contribution is -2.50. The first-order chi connectivity index (χ1) is 26.6. The normalized spacial score (nSPS) is 20.0. The Morgan fingerprint density at radius 1 is 0.927 bits per heavy atom. The molecule has 286 valence electrons. The number of nitrogens with zero attached hydrogens (tertiary/aromatic N) is 5. The number of likely N-dealkylation sites (tertiary alicyclic amines) is 1. The topological polar surface area (TPSA) is 152 Å². The third-order valence-corrected chi connectivity index (χ3v) is 10.6. The van der Waals surface area contributed by atoms with Crippen molar-refractivity contribution in [2.45, 2.75) is 68.3 Å². The quantitative estimate of drug-likeness (QED) is 0.136. The van der Waals surface area contributed by atoms with Crippen molar-refractivity contribution in [3.05, 3.63) is 119 Å². The molecule has 2 aliphatic rings. The summed E-state index contributed by atoms with van der Waals surface area (Å²) in [6, 6.07) is 28.0. The van der Waals surface area contributed by atoms with Crippen LogP contribution in [0, 0.1) is 0 Å². The summed E-state index contributed by atoms with van der Waals surface area (Å²) in [6.07, 6.45) is -5.35. The van der Waals surface area contributed by atoms with Gasteiger partial charge in [0.15, 0.2) is 6.29 Å². The SMILES string of the molecule is O=C(NCc1ccccc1-c1ccc(C2OC(CSc3nnnn3-c3ccc(O)cc3)CC(c3ccc(CO)cc3)O2)cc1)C1CCCN1C(=O)C(F)(F)F. The summed E-state index contributed by atoms with van der Waals surface area (Å²) in [6.45, 7) is -0.135. The number of hydrogen-bond acceptors (Lipinski definition) is 10. The van der Waals surface area contributed by atoms with Gasteiger partial charge in [0.25, 0.3) is 0 Å². The number of phenols is 1. The number of aliphatic hydroxyl groups is 1. The molecule has 5 aromatic rings. The molecule has 55 heavy (non-hydrogen) atoms. The molecule has 16 heteroatoms. The Hall–Kier alpha value is -5.29. The molecule has 0 bridgehead atoms. The molecule has 3 heterocycles. The van der Waals surface area contributed by atoms with E-state index in [-0.39, 0.29) is 44.1 Å². The van der Waals surface area contributed by atoms with Crippen LogP contribution in [0.3, 0.4) is 0 Å². The maximum atomic E-state index is 13.1. The van der Waals surface area contributed by atoms with Gasteiger partial charge in [-0.15, -0.1) is 5.10 Å². The highest BCUT2D eigenvalue weighted by Gasteiger charge is 2.47. The van der Waals surface area contributed by atoms with Gasteiger partial charge in [-0.3, -0.25) is 9.59 Å². The zero-order valence-electron chi connectivity index (χ0n) is 29.3. The largest absolute Gasteiger partial charge is 0.508 e. The molecule has 0 saturated carbocycles. The molecule has 4 unspecified atom stereocenters. The van der Waals surface area contributed by atoms with Crippen LogP contribution in [-0.4, -0.2) is 77.8 Å². The molecular formula is C39H37F3N6O6S. The maximum absolute atomic E-state index is 13.1. The van der Waals surface area contributed by atoms with Crippen molar-refractivity contribution >= 4 is 23.6 Å². The summed E-state index contributed by atoms with van der Waals surface area (Å²) < 4.78 is 54.0. The fourth-order valence-electron chi connectivity index (χ4n) is 6.74. The molecule has 2 amide bonds. The fraction of sp³-hybridized carbons (Fsp3) is 0.308. The van der Waals surface area contributed by atoms with Crippen LogP contribution < -0.4 is 5.32 Å². The molecule has 4 atom stereocenters. The number of alkyl halides is 3. The smallest absolute Gasteiger partial charge is 0.471 e. The van der Waals surface area contributed by atoms with Crippen molar-refractivity contribution in [3.8, 4) is 22.6 Å². The van der Waals surface area contributed by atoms with E-state index in [2.05, 4.69) is 20.8 Å². The van der Waals surface area contributed by atoms with Crippen LogP contribution in [-0.2, 0) is 32.2 Å². The van der Waals surface area contributed by atoms with E-state index in [4.69, 9.17) is 9.47 Å². The molecule has 0 spiro atoms. The number of rotatable bonds is 11. The highest BCUT2D eigenvalue weighted by Crippen LogP contribution is 2.40. The van der Waals surface area contributed by atoms with Gasteiger partial charge in [0.05, 0.1) is 24.5 Å². The molecule has 2 saturated heterocycles. The Labute approximate surface area is 318 Å². The summed E-state index contributed by atoms with van der Waals surface area (Å²) in [7, 11) is 0. The molecular weight excluding hydrogens is 738 g/mol. The second-order valence-electron chi connectivity index (χ2n) is 13.2. The third kappa shape index (κ3) is 8.83. The number of amides is 2. The number of thioether (sulfide) groups is 1. The minimum Gasteiger partial charge on any atom is -0.508 e. The predicted octanol–water partition coefficient (Wildman–Crippen LogP) is 6.03. The van der Waals surface area contributed by atoms with Crippen LogP contribution in [0.2, 0.25) is 0 Å². The van der Waals surface area contributed by atoms with Crippen molar-refractivity contribution in [1.29, 1.82) is 0 Å². The Morgan fingerprint density at radius 2 is 1.65 bits per heavy atom. The highest BCUT2D eigenvalue weighted by atomic mass is 32.2. The Morgan fingerprint density at radius 3 is 2.38 bits per heavy atom. The van der Waals surface area contributed by atoms with Gasteiger partial charge in [0, 0.05) is 30.8 Å². The number of nitrogens with one attached hydrogen (secondary N) is 1. The molecule has 12 nitrogen and oxygen atoms in total. The monoisotopic (exact) mass is 774 g/mol. The number of aliphatic hydroxyl groups excluding tert-OH is 1. The van der Waals surface area contributed by atoms with E-state index >= 15 is 0 Å². The predicted molar refractivity (Wildman–Crippen MR) is 194 cm³/mol. The Bertz CT molecular complexity index is 2100. The molecule has 0 aliphatic carbocycles. The first-order valence-corrected chi connectivity index (χ1v) is 18.6. The van der Waals surface area contributed by atoms with Gasteiger partial charge in [0.2, 0.25) is 11.1 Å². The second-order valence-corrected chi connectivity index (χ2v) is 14.2.